The van der Waals surface area contributed by atoms with Gasteiger partial charge in [0.2, 0.25) is 5.91 Å². The van der Waals surface area contributed by atoms with E-state index in [2.05, 4.69) is 15.5 Å². The van der Waals surface area contributed by atoms with Gasteiger partial charge in [0, 0.05) is 19.6 Å². The summed E-state index contributed by atoms with van der Waals surface area (Å²) in [6.07, 6.45) is 1.67. The molecule has 1 aromatic rings. The summed E-state index contributed by atoms with van der Waals surface area (Å²) in [5.74, 6) is 0.556. The van der Waals surface area contributed by atoms with Crippen LogP contribution in [0.3, 0.4) is 0 Å². The summed E-state index contributed by atoms with van der Waals surface area (Å²) in [5.41, 5.74) is 0.971. The maximum atomic E-state index is 12.1. The molecular formula is C19H29N3O3. The molecule has 2 unspecified atom stereocenters. The molecule has 25 heavy (non-hydrogen) atoms. The van der Waals surface area contributed by atoms with E-state index in [4.69, 9.17) is 4.74 Å². The van der Waals surface area contributed by atoms with Crippen LogP contribution in [0.2, 0.25) is 0 Å². The van der Waals surface area contributed by atoms with Crippen molar-refractivity contribution in [2.75, 3.05) is 45.9 Å². The summed E-state index contributed by atoms with van der Waals surface area (Å²) in [6.45, 7) is 5.21. The van der Waals surface area contributed by atoms with Crippen molar-refractivity contribution >= 4 is 5.91 Å². The number of aliphatic hydroxyl groups excluding tert-OH is 1. The zero-order valence-electron chi connectivity index (χ0n) is 14.7. The van der Waals surface area contributed by atoms with Crippen LogP contribution in [0.4, 0.5) is 0 Å². The number of nitrogens with one attached hydrogen (secondary N) is 2. The molecule has 2 saturated heterocycles. The molecule has 2 aliphatic heterocycles. The third-order valence-electron chi connectivity index (χ3n) is 5.13. The standard InChI is InChI=1S/C19H29N3O3/c23-18(16-4-2-1-3-5-16)13-22-9-6-15(7-10-22)12-21-19(24)17-14-25-11-8-20-17/h1-5,15,17-18,20,23H,6-14H2,(H,21,24). The third-order valence-corrected chi connectivity index (χ3v) is 5.13. The van der Waals surface area contributed by atoms with Crippen LogP contribution < -0.4 is 10.6 Å². The number of piperidine rings is 1. The van der Waals surface area contributed by atoms with Crippen LogP contribution in [-0.2, 0) is 9.53 Å². The lowest BCUT2D eigenvalue weighted by Crippen LogP contribution is -2.52. The number of carbonyl (C=O) groups is 1. The number of likely N-dealkylation sites (tertiary alicyclic amines) is 1. The van der Waals surface area contributed by atoms with E-state index < -0.39 is 6.10 Å². The molecule has 2 heterocycles. The predicted octanol–water partition coefficient (Wildman–Crippen LogP) is 0.537. The molecule has 2 atom stereocenters. The van der Waals surface area contributed by atoms with Crippen LogP contribution in [-0.4, -0.2) is 67.9 Å². The Morgan fingerprint density at radius 2 is 2.08 bits per heavy atom. The number of amides is 1. The molecule has 6 heteroatoms. The Labute approximate surface area is 149 Å². The molecule has 0 saturated carbocycles. The van der Waals surface area contributed by atoms with Crippen molar-refractivity contribution in [3.05, 3.63) is 35.9 Å². The van der Waals surface area contributed by atoms with Crippen molar-refractivity contribution in [3.63, 3.8) is 0 Å². The summed E-state index contributed by atoms with van der Waals surface area (Å²) in [5, 5.41) is 16.6. The zero-order valence-corrected chi connectivity index (χ0v) is 14.7. The highest BCUT2D eigenvalue weighted by molar-refractivity contribution is 5.81. The van der Waals surface area contributed by atoms with E-state index in [0.717, 1.165) is 44.6 Å². The lowest BCUT2D eigenvalue weighted by atomic mass is 9.96. The fourth-order valence-corrected chi connectivity index (χ4v) is 3.50. The van der Waals surface area contributed by atoms with Crippen molar-refractivity contribution in [2.24, 2.45) is 5.92 Å². The number of hydrogen-bond acceptors (Lipinski definition) is 5. The van der Waals surface area contributed by atoms with Crippen LogP contribution in [0.25, 0.3) is 0 Å². The summed E-state index contributed by atoms with van der Waals surface area (Å²) < 4.78 is 5.33. The lowest BCUT2D eigenvalue weighted by Gasteiger charge is -2.33. The summed E-state index contributed by atoms with van der Waals surface area (Å²) >= 11 is 0. The predicted molar refractivity (Wildman–Crippen MR) is 96.2 cm³/mol. The van der Waals surface area contributed by atoms with Crippen LogP contribution in [0, 0.1) is 5.92 Å². The van der Waals surface area contributed by atoms with Crippen LogP contribution in [0.1, 0.15) is 24.5 Å². The number of β-amino-alcohol motifs (C(OH)–C–C–N with tert-alkyl or cyclic N) is 1. The molecule has 138 valence electrons. The molecule has 1 aromatic carbocycles. The van der Waals surface area contributed by atoms with E-state index in [9.17, 15) is 9.90 Å². The van der Waals surface area contributed by atoms with Gasteiger partial charge in [-0.05, 0) is 37.4 Å². The summed E-state index contributed by atoms with van der Waals surface area (Å²) in [7, 11) is 0. The van der Waals surface area contributed by atoms with Gasteiger partial charge in [-0.3, -0.25) is 4.79 Å². The second kappa shape index (κ2) is 9.29. The van der Waals surface area contributed by atoms with Gasteiger partial charge >= 0.3 is 0 Å². The second-order valence-electron chi connectivity index (χ2n) is 7.00. The Morgan fingerprint density at radius 1 is 1.32 bits per heavy atom. The molecule has 0 aliphatic carbocycles. The van der Waals surface area contributed by atoms with Gasteiger partial charge in [0.1, 0.15) is 6.04 Å². The van der Waals surface area contributed by atoms with Gasteiger partial charge in [-0.1, -0.05) is 30.3 Å². The molecule has 0 bridgehead atoms. The second-order valence-corrected chi connectivity index (χ2v) is 7.00. The van der Waals surface area contributed by atoms with E-state index in [1.165, 1.54) is 0 Å². The Hall–Kier alpha value is -1.47. The zero-order chi connectivity index (χ0) is 17.5. The summed E-state index contributed by atoms with van der Waals surface area (Å²) in [6, 6.07) is 9.60. The van der Waals surface area contributed by atoms with Crippen LogP contribution in [0.5, 0.6) is 0 Å². The molecule has 1 amide bonds. The molecule has 0 radical (unpaired) electrons. The van der Waals surface area contributed by atoms with Crippen molar-refractivity contribution in [3.8, 4) is 0 Å². The average Bonchev–Trinajstić information content (AvgIpc) is 2.68. The Morgan fingerprint density at radius 3 is 2.76 bits per heavy atom. The lowest BCUT2D eigenvalue weighted by molar-refractivity contribution is -0.126. The topological polar surface area (TPSA) is 73.8 Å². The minimum absolute atomic E-state index is 0.0432. The number of carbonyl (C=O) groups excluding carboxylic acids is 1. The number of morpholine rings is 1. The largest absolute Gasteiger partial charge is 0.387 e. The number of hydrogen-bond donors (Lipinski definition) is 3. The molecule has 0 spiro atoms. The number of rotatable bonds is 6. The van der Waals surface area contributed by atoms with E-state index >= 15 is 0 Å². The van der Waals surface area contributed by atoms with Crippen molar-refractivity contribution in [1.29, 1.82) is 0 Å². The van der Waals surface area contributed by atoms with Gasteiger partial charge < -0.3 is 25.4 Å². The van der Waals surface area contributed by atoms with Gasteiger partial charge in [-0.2, -0.15) is 0 Å². The molecule has 0 aromatic heterocycles. The normalized spacial score (nSPS) is 24.0. The van der Waals surface area contributed by atoms with Gasteiger partial charge in [-0.25, -0.2) is 0 Å². The first-order chi connectivity index (χ1) is 12.2. The minimum atomic E-state index is -0.435. The first-order valence-corrected chi connectivity index (χ1v) is 9.26. The SMILES string of the molecule is O=C(NCC1CCN(CC(O)c2ccccc2)CC1)C1COCCN1. The molecule has 3 rings (SSSR count). The number of nitrogens with zero attached hydrogens (tertiary/aromatic N) is 1. The maximum absolute atomic E-state index is 12.1. The first-order valence-electron chi connectivity index (χ1n) is 9.26. The highest BCUT2D eigenvalue weighted by atomic mass is 16.5. The Bertz CT molecular complexity index is 526. The van der Waals surface area contributed by atoms with Crippen LogP contribution in [0.15, 0.2) is 30.3 Å². The fourth-order valence-electron chi connectivity index (χ4n) is 3.50. The number of ether oxygens (including phenoxy) is 1. The Kier molecular flexibility index (Phi) is 6.81. The van der Waals surface area contributed by atoms with E-state index in [1.807, 2.05) is 30.3 Å². The molecule has 6 nitrogen and oxygen atoms in total. The van der Waals surface area contributed by atoms with E-state index in [-0.39, 0.29) is 11.9 Å². The number of aliphatic hydroxyl groups is 1. The minimum Gasteiger partial charge on any atom is -0.387 e. The van der Waals surface area contributed by atoms with Crippen molar-refractivity contribution < 1.29 is 14.6 Å². The van der Waals surface area contributed by atoms with Crippen molar-refractivity contribution in [1.82, 2.24) is 15.5 Å². The maximum Gasteiger partial charge on any atom is 0.239 e. The average molecular weight is 347 g/mol. The molecule has 2 aliphatic rings. The number of benzene rings is 1. The van der Waals surface area contributed by atoms with Crippen LogP contribution >= 0.6 is 0 Å². The highest BCUT2D eigenvalue weighted by Crippen LogP contribution is 2.20. The van der Waals surface area contributed by atoms with Gasteiger partial charge in [0.05, 0.1) is 19.3 Å². The van der Waals surface area contributed by atoms with Crippen molar-refractivity contribution in [2.45, 2.75) is 25.0 Å². The monoisotopic (exact) mass is 347 g/mol. The fraction of sp³-hybridized carbons (Fsp3) is 0.632. The first kappa shape index (κ1) is 18.3. The third kappa shape index (κ3) is 5.51. The van der Waals surface area contributed by atoms with E-state index in [0.29, 0.717) is 25.7 Å². The molecular weight excluding hydrogens is 318 g/mol. The van der Waals surface area contributed by atoms with Gasteiger partial charge in [0.25, 0.3) is 0 Å². The summed E-state index contributed by atoms with van der Waals surface area (Å²) in [4.78, 5) is 14.4. The molecule has 3 N–H and O–H groups in total. The highest BCUT2D eigenvalue weighted by Gasteiger charge is 2.24. The van der Waals surface area contributed by atoms with Gasteiger partial charge in [-0.15, -0.1) is 0 Å². The molecule has 2 fully saturated rings. The Balaban J connectivity index is 1.35. The van der Waals surface area contributed by atoms with Gasteiger partial charge in [0.15, 0.2) is 0 Å². The quantitative estimate of drug-likeness (QED) is 0.700. The smallest absolute Gasteiger partial charge is 0.239 e. The van der Waals surface area contributed by atoms with E-state index in [1.54, 1.807) is 0 Å².